The highest BCUT2D eigenvalue weighted by molar-refractivity contribution is 5.94. The van der Waals surface area contributed by atoms with Crippen LogP contribution in [-0.4, -0.2) is 9.91 Å². The normalized spacial score (nSPS) is 10.7. The first kappa shape index (κ1) is 15.0. The van der Waals surface area contributed by atoms with Crippen LogP contribution in [0.5, 0.6) is 11.5 Å². The number of nitro groups is 1. The van der Waals surface area contributed by atoms with Gasteiger partial charge in [0.05, 0.1) is 10.6 Å². The standard InChI is InChI=1S/C20H14N2O3/c23-22(24)15-10-12-16(13-11-15)25-20-17-8-4-5-9-18(17)21-19(20)14-6-2-1-3-7-14/h1-13,21H. The van der Waals surface area contributed by atoms with Crippen LogP contribution in [0.4, 0.5) is 5.69 Å². The van der Waals surface area contributed by atoms with Gasteiger partial charge in [0.1, 0.15) is 5.75 Å². The van der Waals surface area contributed by atoms with Crippen molar-refractivity contribution in [2.75, 3.05) is 0 Å². The lowest BCUT2D eigenvalue weighted by Gasteiger charge is -2.08. The fourth-order valence-electron chi connectivity index (χ4n) is 2.78. The van der Waals surface area contributed by atoms with E-state index in [-0.39, 0.29) is 5.69 Å². The summed E-state index contributed by atoms with van der Waals surface area (Å²) in [7, 11) is 0. The van der Waals surface area contributed by atoms with Crippen LogP contribution in [0.15, 0.2) is 78.9 Å². The van der Waals surface area contributed by atoms with Gasteiger partial charge in [-0.05, 0) is 24.3 Å². The first-order valence-electron chi connectivity index (χ1n) is 7.81. The van der Waals surface area contributed by atoms with E-state index in [4.69, 9.17) is 4.74 Å². The summed E-state index contributed by atoms with van der Waals surface area (Å²) in [6, 6.07) is 23.9. The summed E-state index contributed by atoms with van der Waals surface area (Å²) in [4.78, 5) is 13.8. The van der Waals surface area contributed by atoms with Gasteiger partial charge in [-0.25, -0.2) is 0 Å². The smallest absolute Gasteiger partial charge is 0.269 e. The number of hydrogen-bond acceptors (Lipinski definition) is 3. The molecule has 4 rings (SSSR count). The van der Waals surface area contributed by atoms with Crippen molar-refractivity contribution in [2.45, 2.75) is 0 Å². The molecule has 5 nitrogen and oxygen atoms in total. The Hall–Kier alpha value is -3.60. The van der Waals surface area contributed by atoms with Crippen LogP contribution < -0.4 is 4.74 Å². The number of aromatic amines is 1. The molecular weight excluding hydrogens is 316 g/mol. The zero-order valence-electron chi connectivity index (χ0n) is 13.2. The maximum absolute atomic E-state index is 10.8. The van der Waals surface area contributed by atoms with Gasteiger partial charge >= 0.3 is 0 Å². The van der Waals surface area contributed by atoms with Crippen molar-refractivity contribution in [1.82, 2.24) is 4.98 Å². The van der Waals surface area contributed by atoms with Crippen LogP contribution in [0.25, 0.3) is 22.2 Å². The Kier molecular flexibility index (Phi) is 3.67. The Morgan fingerprint density at radius 1 is 0.840 bits per heavy atom. The minimum Gasteiger partial charge on any atom is -0.454 e. The van der Waals surface area contributed by atoms with Crippen molar-refractivity contribution in [3.63, 3.8) is 0 Å². The van der Waals surface area contributed by atoms with Gasteiger partial charge in [-0.2, -0.15) is 0 Å². The van der Waals surface area contributed by atoms with Crippen molar-refractivity contribution in [3.8, 4) is 22.8 Å². The fraction of sp³-hybridized carbons (Fsp3) is 0. The highest BCUT2D eigenvalue weighted by atomic mass is 16.6. The number of fused-ring (bicyclic) bond motifs is 1. The Bertz CT molecular complexity index is 1040. The SMILES string of the molecule is O=[N+]([O-])c1ccc(Oc2c(-c3ccccc3)[nH]c3ccccc23)cc1. The molecule has 122 valence electrons. The van der Waals surface area contributed by atoms with Gasteiger partial charge in [-0.1, -0.05) is 42.5 Å². The maximum Gasteiger partial charge on any atom is 0.269 e. The summed E-state index contributed by atoms with van der Waals surface area (Å²) in [5.41, 5.74) is 2.89. The summed E-state index contributed by atoms with van der Waals surface area (Å²) in [6.07, 6.45) is 0. The van der Waals surface area contributed by atoms with Gasteiger partial charge in [-0.15, -0.1) is 0 Å². The Balaban J connectivity index is 1.81. The van der Waals surface area contributed by atoms with Crippen LogP contribution in [0.1, 0.15) is 0 Å². The molecule has 0 atom stereocenters. The number of hydrogen-bond donors (Lipinski definition) is 1. The number of rotatable bonds is 4. The number of nitrogens with zero attached hydrogens (tertiary/aromatic N) is 1. The first-order valence-corrected chi connectivity index (χ1v) is 7.81. The van der Waals surface area contributed by atoms with E-state index in [2.05, 4.69) is 4.98 Å². The van der Waals surface area contributed by atoms with Crippen LogP contribution in [0, 0.1) is 10.1 Å². The van der Waals surface area contributed by atoms with Crippen LogP contribution >= 0.6 is 0 Å². The molecule has 0 aliphatic heterocycles. The molecule has 0 aliphatic carbocycles. The minimum absolute atomic E-state index is 0.0366. The quantitative estimate of drug-likeness (QED) is 0.395. The zero-order valence-corrected chi connectivity index (χ0v) is 13.2. The predicted octanol–water partition coefficient (Wildman–Crippen LogP) is 5.54. The number of ether oxygens (including phenoxy) is 1. The highest BCUT2D eigenvalue weighted by Gasteiger charge is 2.15. The molecular formula is C20H14N2O3. The van der Waals surface area contributed by atoms with E-state index in [1.807, 2.05) is 54.6 Å². The zero-order chi connectivity index (χ0) is 17.2. The van der Waals surface area contributed by atoms with Crippen molar-refractivity contribution >= 4 is 16.6 Å². The van der Waals surface area contributed by atoms with Crippen LogP contribution in [-0.2, 0) is 0 Å². The van der Waals surface area contributed by atoms with E-state index in [9.17, 15) is 10.1 Å². The summed E-state index contributed by atoms with van der Waals surface area (Å²) in [6.45, 7) is 0. The van der Waals surface area contributed by atoms with Crippen molar-refractivity contribution in [2.24, 2.45) is 0 Å². The summed E-state index contributed by atoms with van der Waals surface area (Å²) in [5.74, 6) is 1.25. The van der Waals surface area contributed by atoms with Crippen LogP contribution in [0.3, 0.4) is 0 Å². The summed E-state index contributed by atoms with van der Waals surface area (Å²) in [5, 5.41) is 11.8. The molecule has 0 unspecified atom stereocenters. The van der Waals surface area contributed by atoms with Crippen molar-refractivity contribution < 1.29 is 9.66 Å². The van der Waals surface area contributed by atoms with Gasteiger partial charge in [0.25, 0.3) is 5.69 Å². The molecule has 0 spiro atoms. The maximum atomic E-state index is 10.8. The second-order valence-electron chi connectivity index (χ2n) is 5.59. The first-order chi connectivity index (χ1) is 12.2. The largest absolute Gasteiger partial charge is 0.454 e. The Labute approximate surface area is 143 Å². The molecule has 0 radical (unpaired) electrons. The van der Waals surface area contributed by atoms with E-state index in [1.54, 1.807) is 12.1 Å². The fourth-order valence-corrected chi connectivity index (χ4v) is 2.78. The molecule has 3 aromatic carbocycles. The number of benzene rings is 3. The topological polar surface area (TPSA) is 68.2 Å². The second kappa shape index (κ2) is 6.13. The molecule has 0 saturated heterocycles. The van der Waals surface area contributed by atoms with Crippen LogP contribution in [0.2, 0.25) is 0 Å². The van der Waals surface area contributed by atoms with Gasteiger partial charge < -0.3 is 9.72 Å². The number of aromatic nitrogens is 1. The van der Waals surface area contributed by atoms with Crippen molar-refractivity contribution in [1.29, 1.82) is 0 Å². The average Bonchev–Trinajstić information content (AvgIpc) is 3.02. The molecule has 0 amide bonds. The number of nitrogens with one attached hydrogen (secondary N) is 1. The number of para-hydroxylation sites is 1. The van der Waals surface area contributed by atoms with Gasteiger partial charge in [0, 0.05) is 28.6 Å². The molecule has 1 heterocycles. The van der Waals surface area contributed by atoms with Gasteiger partial charge in [-0.3, -0.25) is 10.1 Å². The lowest BCUT2D eigenvalue weighted by molar-refractivity contribution is -0.384. The molecule has 0 fully saturated rings. The minimum atomic E-state index is -0.426. The third-order valence-corrected chi connectivity index (χ3v) is 3.99. The predicted molar refractivity (Wildman–Crippen MR) is 96.9 cm³/mol. The van der Waals surface area contributed by atoms with E-state index in [0.717, 1.165) is 22.2 Å². The third-order valence-electron chi connectivity index (χ3n) is 3.99. The van der Waals surface area contributed by atoms with E-state index < -0.39 is 4.92 Å². The molecule has 0 aliphatic rings. The number of non-ortho nitro benzene ring substituents is 1. The molecule has 0 saturated carbocycles. The van der Waals surface area contributed by atoms with E-state index >= 15 is 0 Å². The molecule has 25 heavy (non-hydrogen) atoms. The molecule has 0 bridgehead atoms. The summed E-state index contributed by atoms with van der Waals surface area (Å²) < 4.78 is 6.10. The Morgan fingerprint density at radius 3 is 2.24 bits per heavy atom. The highest BCUT2D eigenvalue weighted by Crippen LogP contribution is 2.39. The molecule has 1 aromatic heterocycles. The molecule has 4 aromatic rings. The lowest BCUT2D eigenvalue weighted by atomic mass is 10.1. The third kappa shape index (κ3) is 2.83. The Morgan fingerprint density at radius 2 is 1.52 bits per heavy atom. The number of H-pyrrole nitrogens is 1. The second-order valence-corrected chi connectivity index (χ2v) is 5.59. The molecule has 5 heteroatoms. The summed E-state index contributed by atoms with van der Waals surface area (Å²) >= 11 is 0. The molecule has 1 N–H and O–H groups in total. The lowest BCUT2D eigenvalue weighted by Crippen LogP contribution is -1.89. The number of nitro benzene ring substituents is 1. The van der Waals surface area contributed by atoms with E-state index in [1.165, 1.54) is 12.1 Å². The average molecular weight is 330 g/mol. The van der Waals surface area contributed by atoms with Gasteiger partial charge in [0.2, 0.25) is 0 Å². The van der Waals surface area contributed by atoms with E-state index in [0.29, 0.717) is 11.5 Å². The van der Waals surface area contributed by atoms with Gasteiger partial charge in [0.15, 0.2) is 5.75 Å². The van der Waals surface area contributed by atoms with Crippen molar-refractivity contribution in [3.05, 3.63) is 89.0 Å². The monoisotopic (exact) mass is 330 g/mol.